The van der Waals surface area contributed by atoms with Gasteiger partial charge in [0.15, 0.2) is 5.82 Å². The van der Waals surface area contributed by atoms with Crippen molar-refractivity contribution in [3.8, 4) is 22.5 Å². The summed E-state index contributed by atoms with van der Waals surface area (Å²) >= 11 is 0. The molecule has 4 heterocycles. The number of nitrogens with zero attached hydrogens (tertiary/aromatic N) is 3. The fourth-order valence-electron chi connectivity index (χ4n) is 4.25. The molecular formula is C24H25FN4O4. The summed E-state index contributed by atoms with van der Waals surface area (Å²) in [4.78, 5) is 26.7. The van der Waals surface area contributed by atoms with Crippen LogP contribution in [0.3, 0.4) is 0 Å². The SMILES string of the molecule is CC1(C(=O)N2CCC(O)C2)COC(c2nc(-c3ccc(F)cc3)c(-c3ccncc3)[nH]2)OC1. The molecule has 0 radical (unpaired) electrons. The first kappa shape index (κ1) is 21.7. The van der Waals surface area contributed by atoms with Crippen LogP contribution in [0.4, 0.5) is 4.39 Å². The molecule has 33 heavy (non-hydrogen) atoms. The zero-order valence-electron chi connectivity index (χ0n) is 18.2. The molecular weight excluding hydrogens is 427 g/mol. The zero-order valence-corrected chi connectivity index (χ0v) is 18.2. The lowest BCUT2D eigenvalue weighted by molar-refractivity contribution is -0.234. The number of aliphatic hydroxyl groups is 1. The number of ether oxygens (including phenoxy) is 2. The van der Waals surface area contributed by atoms with Crippen LogP contribution in [0.5, 0.6) is 0 Å². The largest absolute Gasteiger partial charge is 0.391 e. The van der Waals surface area contributed by atoms with Gasteiger partial charge in [0, 0.05) is 36.6 Å². The Labute approximate surface area is 190 Å². The summed E-state index contributed by atoms with van der Waals surface area (Å²) in [6, 6.07) is 9.83. The summed E-state index contributed by atoms with van der Waals surface area (Å²) in [7, 11) is 0. The van der Waals surface area contributed by atoms with Gasteiger partial charge in [-0.15, -0.1) is 0 Å². The molecule has 1 atom stereocenters. The first-order valence-electron chi connectivity index (χ1n) is 10.9. The highest BCUT2D eigenvalue weighted by Gasteiger charge is 2.44. The van der Waals surface area contributed by atoms with Crippen molar-refractivity contribution in [2.45, 2.75) is 25.7 Å². The Morgan fingerprint density at radius 1 is 1.15 bits per heavy atom. The Morgan fingerprint density at radius 3 is 2.48 bits per heavy atom. The fraction of sp³-hybridized carbons (Fsp3) is 0.375. The third-order valence-electron chi connectivity index (χ3n) is 6.11. The molecule has 1 aromatic carbocycles. The molecule has 2 fully saturated rings. The van der Waals surface area contributed by atoms with E-state index in [-0.39, 0.29) is 24.9 Å². The summed E-state index contributed by atoms with van der Waals surface area (Å²) in [5.74, 6) is 0.0574. The van der Waals surface area contributed by atoms with E-state index in [0.29, 0.717) is 31.0 Å². The highest BCUT2D eigenvalue weighted by molar-refractivity contribution is 5.83. The molecule has 1 amide bonds. The lowest BCUT2D eigenvalue weighted by atomic mass is 9.90. The summed E-state index contributed by atoms with van der Waals surface area (Å²) in [6.07, 6.45) is 2.71. The number of aliphatic hydroxyl groups excluding tert-OH is 1. The number of nitrogens with one attached hydrogen (secondary N) is 1. The second-order valence-corrected chi connectivity index (χ2v) is 8.80. The molecule has 0 aliphatic carbocycles. The van der Waals surface area contributed by atoms with E-state index in [4.69, 9.17) is 14.5 Å². The van der Waals surface area contributed by atoms with Crippen LogP contribution in [-0.2, 0) is 14.3 Å². The van der Waals surface area contributed by atoms with Gasteiger partial charge >= 0.3 is 0 Å². The van der Waals surface area contributed by atoms with Crippen molar-refractivity contribution < 1.29 is 23.8 Å². The quantitative estimate of drug-likeness (QED) is 0.631. The first-order valence-corrected chi connectivity index (χ1v) is 10.9. The maximum Gasteiger partial charge on any atom is 0.233 e. The highest BCUT2D eigenvalue weighted by atomic mass is 19.1. The molecule has 1 unspecified atom stereocenters. The third kappa shape index (κ3) is 4.27. The number of benzene rings is 1. The minimum absolute atomic E-state index is 0.0820. The Morgan fingerprint density at radius 2 is 1.85 bits per heavy atom. The Balaban J connectivity index is 1.39. The van der Waals surface area contributed by atoms with Gasteiger partial charge in [0.25, 0.3) is 0 Å². The number of β-amino-alcohol motifs (C(OH)–C–C–N with tert-alkyl or cyclic N) is 1. The van der Waals surface area contributed by atoms with Crippen molar-refractivity contribution >= 4 is 5.91 Å². The molecule has 8 nitrogen and oxygen atoms in total. The number of aromatic amines is 1. The van der Waals surface area contributed by atoms with E-state index in [9.17, 15) is 14.3 Å². The van der Waals surface area contributed by atoms with E-state index in [1.165, 1.54) is 12.1 Å². The van der Waals surface area contributed by atoms with E-state index in [0.717, 1.165) is 16.8 Å². The molecule has 9 heteroatoms. The van der Waals surface area contributed by atoms with Gasteiger partial charge in [-0.05, 0) is 49.7 Å². The number of rotatable bonds is 4. The lowest BCUT2D eigenvalue weighted by Crippen LogP contribution is -2.49. The van der Waals surface area contributed by atoms with Gasteiger partial charge < -0.3 is 24.5 Å². The van der Waals surface area contributed by atoms with Crippen LogP contribution < -0.4 is 0 Å². The number of aromatic nitrogens is 3. The van der Waals surface area contributed by atoms with Gasteiger partial charge in [-0.2, -0.15) is 0 Å². The topological polar surface area (TPSA) is 101 Å². The van der Waals surface area contributed by atoms with E-state index >= 15 is 0 Å². The Kier molecular flexibility index (Phi) is 5.69. The molecule has 172 valence electrons. The normalized spacial score (nSPS) is 25.4. The van der Waals surface area contributed by atoms with Crippen molar-refractivity contribution in [3.05, 3.63) is 60.4 Å². The Hall–Kier alpha value is -3.14. The molecule has 0 saturated carbocycles. The van der Waals surface area contributed by atoms with E-state index in [2.05, 4.69) is 9.97 Å². The van der Waals surface area contributed by atoms with Gasteiger partial charge in [-0.3, -0.25) is 9.78 Å². The molecule has 2 saturated heterocycles. The second-order valence-electron chi connectivity index (χ2n) is 8.80. The molecule has 0 spiro atoms. The number of halogens is 1. The summed E-state index contributed by atoms with van der Waals surface area (Å²) in [5, 5.41) is 9.76. The summed E-state index contributed by atoms with van der Waals surface area (Å²) in [6.45, 7) is 3.02. The molecule has 2 aliphatic heterocycles. The van der Waals surface area contributed by atoms with Crippen molar-refractivity contribution in [1.29, 1.82) is 0 Å². The zero-order chi connectivity index (χ0) is 23.0. The number of H-pyrrole nitrogens is 1. The monoisotopic (exact) mass is 452 g/mol. The van der Waals surface area contributed by atoms with Crippen LogP contribution in [0.2, 0.25) is 0 Å². The number of amides is 1. The average molecular weight is 452 g/mol. The number of hydrogen-bond acceptors (Lipinski definition) is 6. The van der Waals surface area contributed by atoms with Crippen LogP contribution >= 0.6 is 0 Å². The number of imidazole rings is 1. The maximum absolute atomic E-state index is 13.5. The van der Waals surface area contributed by atoms with Gasteiger partial charge in [-0.25, -0.2) is 9.37 Å². The number of carbonyl (C=O) groups is 1. The van der Waals surface area contributed by atoms with Crippen molar-refractivity contribution in [2.24, 2.45) is 5.41 Å². The molecule has 2 aliphatic rings. The molecule has 5 rings (SSSR count). The van der Waals surface area contributed by atoms with Gasteiger partial charge in [0.1, 0.15) is 5.82 Å². The number of carbonyl (C=O) groups excluding carboxylic acids is 1. The highest BCUT2D eigenvalue weighted by Crippen LogP contribution is 2.36. The molecule has 0 bridgehead atoms. The van der Waals surface area contributed by atoms with E-state index in [1.54, 1.807) is 29.4 Å². The predicted molar refractivity (Wildman–Crippen MR) is 117 cm³/mol. The third-order valence-corrected chi connectivity index (χ3v) is 6.11. The van der Waals surface area contributed by atoms with E-state index < -0.39 is 17.8 Å². The van der Waals surface area contributed by atoms with Gasteiger partial charge in [0.2, 0.25) is 12.2 Å². The molecule has 2 N–H and O–H groups in total. The molecule has 3 aromatic rings. The molecule has 2 aromatic heterocycles. The van der Waals surface area contributed by atoms with Gasteiger partial charge in [-0.1, -0.05) is 0 Å². The average Bonchev–Trinajstić information content (AvgIpc) is 3.47. The van der Waals surface area contributed by atoms with Crippen molar-refractivity contribution in [3.63, 3.8) is 0 Å². The van der Waals surface area contributed by atoms with Crippen LogP contribution in [0.15, 0.2) is 48.8 Å². The van der Waals surface area contributed by atoms with Crippen LogP contribution in [0.1, 0.15) is 25.5 Å². The number of likely N-dealkylation sites (tertiary alicyclic amines) is 1. The van der Waals surface area contributed by atoms with E-state index in [1.807, 2.05) is 19.1 Å². The number of pyridine rings is 1. The summed E-state index contributed by atoms with van der Waals surface area (Å²) in [5.41, 5.74) is 2.15. The van der Waals surface area contributed by atoms with Crippen molar-refractivity contribution in [2.75, 3.05) is 26.3 Å². The summed E-state index contributed by atoms with van der Waals surface area (Å²) < 4.78 is 25.4. The smallest absolute Gasteiger partial charge is 0.233 e. The maximum atomic E-state index is 13.5. The Bertz CT molecular complexity index is 1130. The fourth-order valence-corrected chi connectivity index (χ4v) is 4.25. The van der Waals surface area contributed by atoms with Crippen LogP contribution in [0, 0.1) is 11.2 Å². The first-order chi connectivity index (χ1) is 15.9. The minimum atomic E-state index is -0.832. The predicted octanol–water partition coefficient (Wildman–Crippen LogP) is 2.92. The van der Waals surface area contributed by atoms with Gasteiger partial charge in [0.05, 0.1) is 36.1 Å². The second kappa shape index (κ2) is 8.66. The van der Waals surface area contributed by atoms with Crippen LogP contribution in [-0.4, -0.2) is 63.3 Å². The number of hydrogen-bond donors (Lipinski definition) is 2. The standard InChI is InChI=1S/C24H25FN4O4/c1-24(23(31)29-11-8-18(30)12-29)13-32-22(33-14-24)21-27-19(15-2-4-17(25)5-3-15)20(28-21)16-6-9-26-10-7-16/h2-7,9-10,18,22,30H,8,11-14H2,1H3,(H,27,28). The lowest BCUT2D eigenvalue weighted by Gasteiger charge is -2.37. The van der Waals surface area contributed by atoms with Crippen molar-refractivity contribution in [1.82, 2.24) is 19.9 Å². The van der Waals surface area contributed by atoms with Crippen LogP contribution in [0.25, 0.3) is 22.5 Å². The minimum Gasteiger partial charge on any atom is -0.391 e.